The zero-order chi connectivity index (χ0) is 14.9. The van der Waals surface area contributed by atoms with Crippen LogP contribution in [0, 0.1) is 0 Å². The fourth-order valence-electron chi connectivity index (χ4n) is 2.65. The van der Waals surface area contributed by atoms with Gasteiger partial charge in [0.15, 0.2) is 0 Å². The van der Waals surface area contributed by atoms with Crippen LogP contribution in [0.4, 0.5) is 0 Å². The van der Waals surface area contributed by atoms with E-state index in [9.17, 15) is 4.79 Å². The van der Waals surface area contributed by atoms with Crippen LogP contribution in [-0.2, 0) is 24.3 Å². The van der Waals surface area contributed by atoms with E-state index in [2.05, 4.69) is 6.92 Å². The van der Waals surface area contributed by atoms with Gasteiger partial charge in [-0.3, -0.25) is 4.79 Å². The fourth-order valence-corrected chi connectivity index (χ4v) is 2.65. The zero-order valence-corrected chi connectivity index (χ0v) is 17.3. The quantitative estimate of drug-likeness (QED) is 0.261. The zero-order valence-electron chi connectivity index (χ0n) is 14.4. The van der Waals surface area contributed by atoms with Gasteiger partial charge in [0.2, 0.25) is 0 Å². The molecule has 0 bridgehead atoms. The topological polar surface area (TPSA) is 37.3 Å². The van der Waals surface area contributed by atoms with Gasteiger partial charge in [-0.05, 0) is 6.42 Å². The van der Waals surface area contributed by atoms with Gasteiger partial charge in [0.1, 0.15) is 0 Å². The second-order valence-electron chi connectivity index (χ2n) is 6.09. The summed E-state index contributed by atoms with van der Waals surface area (Å²) >= 11 is 0. The molecule has 0 amide bonds. The van der Waals surface area contributed by atoms with Crippen LogP contribution in [0.15, 0.2) is 0 Å². The monoisotopic (exact) mass is 348 g/mol. The van der Waals surface area contributed by atoms with E-state index in [1.807, 2.05) is 0 Å². The molecular formula is C18H36O2Zn. The van der Waals surface area contributed by atoms with Gasteiger partial charge in [-0.2, -0.15) is 0 Å². The van der Waals surface area contributed by atoms with Gasteiger partial charge < -0.3 is 5.11 Å². The Bertz CT molecular complexity index is 207. The minimum atomic E-state index is -0.653. The molecule has 0 aliphatic rings. The van der Waals surface area contributed by atoms with E-state index in [1.165, 1.54) is 83.5 Å². The van der Waals surface area contributed by atoms with Crippen molar-refractivity contribution >= 4 is 5.97 Å². The Kier molecular flexibility index (Phi) is 22.4. The Morgan fingerprint density at radius 1 is 0.619 bits per heavy atom. The van der Waals surface area contributed by atoms with Gasteiger partial charge in [0, 0.05) is 25.9 Å². The summed E-state index contributed by atoms with van der Waals surface area (Å²) in [5, 5.41) is 8.52. The Hall–Kier alpha value is 0.0934. The average Bonchev–Trinajstić information content (AvgIpc) is 2.43. The minimum Gasteiger partial charge on any atom is -0.481 e. The van der Waals surface area contributed by atoms with Crippen molar-refractivity contribution in [1.82, 2.24) is 0 Å². The number of carboxylic acids is 1. The summed E-state index contributed by atoms with van der Waals surface area (Å²) in [7, 11) is 0. The Morgan fingerprint density at radius 2 is 0.905 bits per heavy atom. The average molecular weight is 350 g/mol. The number of carbonyl (C=O) groups is 1. The number of unbranched alkanes of at least 4 members (excludes halogenated alkanes) is 14. The Labute approximate surface area is 145 Å². The molecule has 0 heterocycles. The molecular weight excluding hydrogens is 314 g/mol. The summed E-state index contributed by atoms with van der Waals surface area (Å²) in [6.07, 6.45) is 20.2. The molecule has 0 fully saturated rings. The third kappa shape index (κ3) is 22.5. The van der Waals surface area contributed by atoms with Gasteiger partial charge >= 0.3 is 5.97 Å². The summed E-state index contributed by atoms with van der Waals surface area (Å²) in [5.41, 5.74) is 0. The van der Waals surface area contributed by atoms with Crippen molar-refractivity contribution in [1.29, 1.82) is 0 Å². The first-order valence-electron chi connectivity index (χ1n) is 8.99. The molecule has 0 aromatic rings. The molecule has 21 heavy (non-hydrogen) atoms. The maximum absolute atomic E-state index is 10.3. The van der Waals surface area contributed by atoms with Crippen LogP contribution in [0.1, 0.15) is 110 Å². The number of hydrogen-bond acceptors (Lipinski definition) is 1. The van der Waals surface area contributed by atoms with Crippen molar-refractivity contribution in [3.05, 3.63) is 0 Å². The third-order valence-electron chi connectivity index (χ3n) is 3.99. The van der Waals surface area contributed by atoms with Crippen LogP contribution >= 0.6 is 0 Å². The molecule has 0 aromatic heterocycles. The first kappa shape index (κ1) is 23.4. The van der Waals surface area contributed by atoms with Crippen molar-refractivity contribution in [2.75, 3.05) is 0 Å². The molecule has 3 heteroatoms. The predicted molar refractivity (Wildman–Crippen MR) is 87.2 cm³/mol. The first-order valence-corrected chi connectivity index (χ1v) is 8.99. The van der Waals surface area contributed by atoms with E-state index in [1.54, 1.807) is 0 Å². The van der Waals surface area contributed by atoms with Crippen molar-refractivity contribution in [3.8, 4) is 0 Å². The van der Waals surface area contributed by atoms with E-state index in [0.29, 0.717) is 6.42 Å². The SMILES string of the molecule is CCCCCCCCCCCCCCCCCC(=O)O.[Zn]. The molecule has 122 valence electrons. The normalized spacial score (nSPS) is 10.3. The molecule has 0 saturated carbocycles. The molecule has 0 aliphatic heterocycles. The standard InChI is InChI=1S/C18H36O2.Zn/c1-2-3-4-5-6-7-8-9-10-11-12-13-14-15-16-17-18(19)20;/h2-17H2,1H3,(H,19,20);. The molecule has 0 rings (SSSR count). The van der Waals surface area contributed by atoms with Crippen LogP contribution in [0.25, 0.3) is 0 Å². The fraction of sp³-hybridized carbons (Fsp3) is 0.944. The molecule has 0 radical (unpaired) electrons. The van der Waals surface area contributed by atoms with Crippen molar-refractivity contribution < 1.29 is 29.4 Å². The third-order valence-corrected chi connectivity index (χ3v) is 3.99. The van der Waals surface area contributed by atoms with E-state index in [-0.39, 0.29) is 19.5 Å². The molecule has 1 N–H and O–H groups in total. The molecule has 0 atom stereocenters. The second-order valence-corrected chi connectivity index (χ2v) is 6.09. The summed E-state index contributed by atoms with van der Waals surface area (Å²) in [6.45, 7) is 2.27. The molecule has 0 unspecified atom stereocenters. The number of rotatable bonds is 16. The molecule has 0 aliphatic carbocycles. The number of carboxylic acid groups (broad SMARTS) is 1. The van der Waals surface area contributed by atoms with Gasteiger partial charge in [0.25, 0.3) is 0 Å². The molecule has 0 aromatic carbocycles. The number of aliphatic carboxylic acids is 1. The summed E-state index contributed by atoms with van der Waals surface area (Å²) in [5.74, 6) is -0.653. The predicted octanol–water partition coefficient (Wildman–Crippen LogP) is 6.33. The summed E-state index contributed by atoms with van der Waals surface area (Å²) in [6, 6.07) is 0. The van der Waals surface area contributed by atoms with Gasteiger partial charge in [-0.25, -0.2) is 0 Å². The van der Waals surface area contributed by atoms with Crippen molar-refractivity contribution in [3.63, 3.8) is 0 Å². The van der Waals surface area contributed by atoms with E-state index in [4.69, 9.17) is 5.11 Å². The number of hydrogen-bond donors (Lipinski definition) is 1. The van der Waals surface area contributed by atoms with Gasteiger partial charge in [-0.1, -0.05) is 96.8 Å². The van der Waals surface area contributed by atoms with E-state index < -0.39 is 5.97 Å². The van der Waals surface area contributed by atoms with Gasteiger partial charge in [0.05, 0.1) is 0 Å². The molecule has 0 spiro atoms. The smallest absolute Gasteiger partial charge is 0.303 e. The first-order chi connectivity index (χ1) is 9.77. The Morgan fingerprint density at radius 3 is 1.19 bits per heavy atom. The largest absolute Gasteiger partial charge is 0.481 e. The van der Waals surface area contributed by atoms with Crippen LogP contribution in [-0.4, -0.2) is 11.1 Å². The summed E-state index contributed by atoms with van der Waals surface area (Å²) in [4.78, 5) is 10.3. The van der Waals surface area contributed by atoms with Crippen LogP contribution in [0.2, 0.25) is 0 Å². The van der Waals surface area contributed by atoms with Crippen LogP contribution in [0.5, 0.6) is 0 Å². The van der Waals surface area contributed by atoms with Crippen LogP contribution in [0.3, 0.4) is 0 Å². The Balaban J connectivity index is 0. The van der Waals surface area contributed by atoms with Crippen molar-refractivity contribution in [2.45, 2.75) is 110 Å². The maximum Gasteiger partial charge on any atom is 0.303 e. The minimum absolute atomic E-state index is 0. The molecule has 2 nitrogen and oxygen atoms in total. The molecule has 0 saturated heterocycles. The van der Waals surface area contributed by atoms with Crippen molar-refractivity contribution in [2.24, 2.45) is 0 Å². The summed E-state index contributed by atoms with van der Waals surface area (Å²) < 4.78 is 0. The maximum atomic E-state index is 10.3. The van der Waals surface area contributed by atoms with E-state index in [0.717, 1.165) is 12.8 Å². The second kappa shape index (κ2) is 20.1. The van der Waals surface area contributed by atoms with Gasteiger partial charge in [-0.15, -0.1) is 0 Å². The van der Waals surface area contributed by atoms with E-state index >= 15 is 0 Å². The van der Waals surface area contributed by atoms with Crippen LogP contribution < -0.4 is 0 Å².